The van der Waals surface area contributed by atoms with Crippen LogP contribution in [0.1, 0.15) is 37.6 Å². The summed E-state index contributed by atoms with van der Waals surface area (Å²) in [5.74, 6) is 0.829. The van der Waals surface area contributed by atoms with Gasteiger partial charge >= 0.3 is 0 Å². The Morgan fingerprint density at radius 1 is 0.786 bits per heavy atom. The summed E-state index contributed by atoms with van der Waals surface area (Å²) in [4.78, 5) is 13.0. The number of hydrogen-bond donors (Lipinski definition) is 0. The zero-order valence-corrected chi connectivity index (χ0v) is 23.8. The van der Waals surface area contributed by atoms with Crippen LogP contribution in [0.2, 0.25) is 0 Å². The zero-order valence-electron chi connectivity index (χ0n) is 23.8. The van der Waals surface area contributed by atoms with E-state index in [4.69, 9.17) is 13.9 Å². The van der Waals surface area contributed by atoms with Gasteiger partial charge in [-0.05, 0) is 54.1 Å². The number of furan rings is 1. The van der Waals surface area contributed by atoms with Crippen LogP contribution in [0.5, 0.6) is 11.8 Å². The van der Waals surface area contributed by atoms with E-state index in [1.165, 1.54) is 26.4 Å². The second-order valence-corrected chi connectivity index (χ2v) is 10.1. The van der Waals surface area contributed by atoms with Gasteiger partial charge in [-0.25, -0.2) is 14.4 Å². The van der Waals surface area contributed by atoms with Gasteiger partial charge in [0.15, 0.2) is 0 Å². The van der Waals surface area contributed by atoms with Crippen LogP contribution in [0.3, 0.4) is 0 Å². The first-order valence-electron chi connectivity index (χ1n) is 12.9. The maximum absolute atomic E-state index is 13.1. The van der Waals surface area contributed by atoms with Crippen LogP contribution in [0, 0.1) is 28.5 Å². The first-order chi connectivity index (χ1) is 20.2. The number of ether oxygens (including phenoxy) is 2. The molecular weight excluding hydrogens is 533 g/mol. The molecule has 0 amide bonds. The fourth-order valence-electron chi connectivity index (χ4n) is 4.07. The Balaban J connectivity index is 0.000000193. The molecule has 0 N–H and O–H groups in total. The summed E-state index contributed by atoms with van der Waals surface area (Å²) in [6, 6.07) is 23.1. The van der Waals surface area contributed by atoms with E-state index in [0.717, 1.165) is 11.3 Å². The summed E-state index contributed by atoms with van der Waals surface area (Å²) in [7, 11) is 2.97. The average molecular weight is 562 g/mol. The van der Waals surface area contributed by atoms with Gasteiger partial charge < -0.3 is 13.9 Å². The molecule has 5 aromatic rings. The maximum Gasteiger partial charge on any atom is 0.232 e. The highest BCUT2D eigenvalue weighted by molar-refractivity contribution is 5.75. The number of methoxy groups -OCH3 is 2. The average Bonchev–Trinajstić information content (AvgIpc) is 3.55. The maximum atomic E-state index is 13.1. The second-order valence-electron chi connectivity index (χ2n) is 10.1. The highest BCUT2D eigenvalue weighted by Gasteiger charge is 2.22. The summed E-state index contributed by atoms with van der Waals surface area (Å²) >= 11 is 0. The Bertz CT molecular complexity index is 1750. The molecule has 0 unspecified atom stereocenters. The first-order valence-corrected chi connectivity index (χ1v) is 12.9. The lowest BCUT2D eigenvalue weighted by molar-refractivity contribution is 0.391. The minimum atomic E-state index is -0.311. The Hall–Kier alpha value is -5.54. The quantitative estimate of drug-likeness (QED) is 0.219. The van der Waals surface area contributed by atoms with Crippen molar-refractivity contribution in [2.24, 2.45) is 0 Å². The summed E-state index contributed by atoms with van der Waals surface area (Å²) in [6.07, 6.45) is 3.25. The van der Waals surface area contributed by atoms with E-state index in [0.29, 0.717) is 45.3 Å². The molecule has 0 aliphatic rings. The van der Waals surface area contributed by atoms with E-state index < -0.39 is 0 Å². The third-order valence-corrected chi connectivity index (χ3v) is 6.22. The molecular formula is C33H28FN5O3. The van der Waals surface area contributed by atoms with Gasteiger partial charge in [0.2, 0.25) is 11.8 Å². The van der Waals surface area contributed by atoms with E-state index >= 15 is 0 Å². The van der Waals surface area contributed by atoms with Crippen molar-refractivity contribution in [2.45, 2.75) is 26.2 Å². The molecule has 0 aliphatic heterocycles. The van der Waals surface area contributed by atoms with Crippen LogP contribution in [0.15, 0.2) is 83.6 Å². The van der Waals surface area contributed by atoms with Crippen molar-refractivity contribution in [1.82, 2.24) is 15.0 Å². The molecule has 0 spiro atoms. The number of nitrogens with zero attached hydrogens (tertiary/aromatic N) is 5. The number of nitriles is 2. The van der Waals surface area contributed by atoms with E-state index in [1.54, 1.807) is 42.8 Å². The predicted molar refractivity (Wildman–Crippen MR) is 156 cm³/mol. The number of hydrogen-bond acceptors (Lipinski definition) is 8. The van der Waals surface area contributed by atoms with Crippen molar-refractivity contribution < 1.29 is 18.3 Å². The summed E-state index contributed by atoms with van der Waals surface area (Å²) in [5.41, 5.74) is 4.76. The summed E-state index contributed by atoms with van der Waals surface area (Å²) < 4.78 is 29.0. The van der Waals surface area contributed by atoms with Gasteiger partial charge in [0.25, 0.3) is 0 Å². The lowest BCUT2D eigenvalue weighted by Crippen LogP contribution is -2.15. The molecule has 42 heavy (non-hydrogen) atoms. The lowest BCUT2D eigenvalue weighted by Gasteiger charge is -2.20. The summed E-state index contributed by atoms with van der Waals surface area (Å²) in [6.45, 7) is 6.11. The third-order valence-electron chi connectivity index (χ3n) is 6.22. The highest BCUT2D eigenvalue weighted by Crippen LogP contribution is 2.34. The second kappa shape index (κ2) is 12.8. The molecule has 5 rings (SSSR count). The normalized spacial score (nSPS) is 10.6. The van der Waals surface area contributed by atoms with Crippen molar-refractivity contribution in [3.05, 3.63) is 102 Å². The van der Waals surface area contributed by atoms with E-state index in [-0.39, 0.29) is 17.1 Å². The molecule has 0 saturated heterocycles. The molecule has 4 aromatic heterocycles. The number of pyridine rings is 3. The Kier molecular flexibility index (Phi) is 8.94. The van der Waals surface area contributed by atoms with Gasteiger partial charge in [0.1, 0.15) is 34.8 Å². The molecule has 0 saturated carbocycles. The standard InChI is InChI=1S/C17H17FN2O.C16H11N3O2/c1-17(2,3)15-9-13(11-5-7-12(18)8-6-11)14(10-19)16(20-15)21-4;1-20-16-12(10-17)11(15-6-4-8-21-15)9-14(19-16)13-5-2-3-7-18-13/h5-9H,1-4H3;2-9H,1H3. The molecule has 1 aromatic carbocycles. The Labute approximate surface area is 243 Å². The number of halogens is 1. The molecule has 210 valence electrons. The van der Waals surface area contributed by atoms with E-state index in [9.17, 15) is 14.9 Å². The molecule has 8 nitrogen and oxygen atoms in total. The van der Waals surface area contributed by atoms with Crippen LogP contribution < -0.4 is 9.47 Å². The number of benzene rings is 1. The SMILES string of the molecule is COc1nc(-c2ccccn2)cc(-c2ccco2)c1C#N.COc1nc(C(C)(C)C)cc(-c2ccc(F)cc2)c1C#N. The van der Waals surface area contributed by atoms with Gasteiger partial charge in [-0.1, -0.05) is 39.0 Å². The molecule has 0 fully saturated rings. The highest BCUT2D eigenvalue weighted by atomic mass is 19.1. The molecule has 0 aliphatic carbocycles. The van der Waals surface area contributed by atoms with Crippen LogP contribution in [-0.2, 0) is 5.41 Å². The van der Waals surface area contributed by atoms with Crippen molar-refractivity contribution >= 4 is 0 Å². The van der Waals surface area contributed by atoms with Crippen LogP contribution in [-0.4, -0.2) is 29.2 Å². The molecule has 0 bridgehead atoms. The van der Waals surface area contributed by atoms with Crippen molar-refractivity contribution in [2.75, 3.05) is 14.2 Å². The molecule has 9 heteroatoms. The van der Waals surface area contributed by atoms with Crippen LogP contribution >= 0.6 is 0 Å². The van der Waals surface area contributed by atoms with Gasteiger partial charge in [0.05, 0.1) is 37.6 Å². The lowest BCUT2D eigenvalue weighted by atomic mass is 9.88. The summed E-state index contributed by atoms with van der Waals surface area (Å²) in [5, 5.41) is 18.8. The minimum absolute atomic E-state index is 0.184. The fraction of sp³-hybridized carbons (Fsp3) is 0.182. The van der Waals surface area contributed by atoms with Crippen molar-refractivity contribution in [3.8, 4) is 57.7 Å². The van der Waals surface area contributed by atoms with Crippen molar-refractivity contribution in [1.29, 1.82) is 10.5 Å². The van der Waals surface area contributed by atoms with Crippen LogP contribution in [0.25, 0.3) is 33.8 Å². The third kappa shape index (κ3) is 6.43. The number of rotatable bonds is 5. The fourth-order valence-corrected chi connectivity index (χ4v) is 4.07. The van der Waals surface area contributed by atoms with Gasteiger partial charge in [-0.3, -0.25) is 4.98 Å². The van der Waals surface area contributed by atoms with Gasteiger partial charge in [0, 0.05) is 22.7 Å². The van der Waals surface area contributed by atoms with E-state index in [2.05, 4.69) is 27.1 Å². The molecule has 4 heterocycles. The van der Waals surface area contributed by atoms with Crippen LogP contribution in [0.4, 0.5) is 4.39 Å². The predicted octanol–water partition coefficient (Wildman–Crippen LogP) is 7.35. The largest absolute Gasteiger partial charge is 0.480 e. The van der Waals surface area contributed by atoms with Crippen molar-refractivity contribution in [3.63, 3.8) is 0 Å². The number of aromatic nitrogens is 3. The van der Waals surface area contributed by atoms with E-state index in [1.807, 2.05) is 45.0 Å². The molecule has 0 radical (unpaired) electrons. The Morgan fingerprint density at radius 2 is 1.45 bits per heavy atom. The van der Waals surface area contributed by atoms with Gasteiger partial charge in [-0.2, -0.15) is 10.5 Å². The Morgan fingerprint density at radius 3 is 2.00 bits per heavy atom. The smallest absolute Gasteiger partial charge is 0.232 e. The zero-order chi connectivity index (χ0) is 30.3. The molecule has 0 atom stereocenters. The first kappa shape index (κ1) is 29.4. The monoisotopic (exact) mass is 561 g/mol. The topological polar surface area (TPSA) is 118 Å². The van der Waals surface area contributed by atoms with Gasteiger partial charge in [-0.15, -0.1) is 0 Å². The minimum Gasteiger partial charge on any atom is -0.480 e.